The van der Waals surface area contributed by atoms with Crippen LogP contribution in [0.1, 0.15) is 23.6 Å². The summed E-state index contributed by atoms with van der Waals surface area (Å²) in [6.07, 6.45) is 1.23. The van der Waals surface area contributed by atoms with Gasteiger partial charge < -0.3 is 10.6 Å². The second kappa shape index (κ2) is 4.67. The molecule has 0 bridgehead atoms. The molecule has 2 N–H and O–H groups in total. The summed E-state index contributed by atoms with van der Waals surface area (Å²) in [4.78, 5) is 2.63. The average Bonchev–Trinajstić information content (AvgIpc) is 2.39. The van der Waals surface area contributed by atoms with Gasteiger partial charge in [-0.3, -0.25) is 4.90 Å². The molecule has 0 aliphatic carbocycles. The van der Waals surface area contributed by atoms with Gasteiger partial charge in [0, 0.05) is 44.5 Å². The highest BCUT2D eigenvalue weighted by atomic mass is 15.2. The number of hydrogen-bond acceptors (Lipinski definition) is 3. The average molecular weight is 231 g/mol. The van der Waals surface area contributed by atoms with E-state index in [9.17, 15) is 0 Å². The van der Waals surface area contributed by atoms with Crippen molar-refractivity contribution in [2.45, 2.75) is 19.4 Å². The Balaban J connectivity index is 1.89. The Bertz CT molecular complexity index is 396. The Morgan fingerprint density at radius 2 is 2.00 bits per heavy atom. The van der Waals surface area contributed by atoms with Gasteiger partial charge in [0.2, 0.25) is 0 Å². The zero-order valence-corrected chi connectivity index (χ0v) is 10.5. The number of nitrogens with one attached hydrogen (secondary N) is 2. The van der Waals surface area contributed by atoms with Crippen molar-refractivity contribution < 1.29 is 0 Å². The van der Waals surface area contributed by atoms with E-state index in [4.69, 9.17) is 0 Å². The van der Waals surface area contributed by atoms with Gasteiger partial charge in [-0.05, 0) is 25.0 Å². The molecule has 0 aromatic heterocycles. The predicted octanol–water partition coefficient (Wildman–Crippen LogP) is 1.76. The van der Waals surface area contributed by atoms with Crippen molar-refractivity contribution >= 4 is 5.69 Å². The van der Waals surface area contributed by atoms with Crippen molar-refractivity contribution in [2.75, 3.05) is 38.0 Å². The van der Waals surface area contributed by atoms with Crippen molar-refractivity contribution in [3.8, 4) is 0 Å². The minimum Gasteiger partial charge on any atom is -0.385 e. The maximum absolute atomic E-state index is 3.52. The van der Waals surface area contributed by atoms with Crippen LogP contribution in [0.15, 0.2) is 18.2 Å². The molecule has 2 aliphatic heterocycles. The summed E-state index contributed by atoms with van der Waals surface area (Å²) in [5, 5.41) is 6.95. The third-order valence-electron chi connectivity index (χ3n) is 3.89. The van der Waals surface area contributed by atoms with E-state index in [1.165, 1.54) is 36.3 Å². The molecule has 3 rings (SSSR count). The van der Waals surface area contributed by atoms with Gasteiger partial charge >= 0.3 is 0 Å². The third kappa shape index (κ3) is 2.17. The first-order valence-electron chi connectivity index (χ1n) is 6.64. The molecule has 1 fully saturated rings. The molecule has 2 heterocycles. The van der Waals surface area contributed by atoms with Crippen molar-refractivity contribution in [1.29, 1.82) is 0 Å². The molecule has 1 saturated heterocycles. The molecule has 1 unspecified atom stereocenters. The molecule has 1 atom stereocenters. The maximum Gasteiger partial charge on any atom is 0.0388 e. The van der Waals surface area contributed by atoms with Crippen LogP contribution in [0.5, 0.6) is 0 Å². The zero-order valence-electron chi connectivity index (χ0n) is 10.5. The summed E-state index contributed by atoms with van der Waals surface area (Å²) < 4.78 is 0. The first kappa shape index (κ1) is 11.1. The Morgan fingerprint density at radius 3 is 2.82 bits per heavy atom. The SMILES string of the molecule is Cc1ccc2c(c1)C(N1CCNCC1)CCN2. The number of hydrogen-bond donors (Lipinski definition) is 2. The minimum absolute atomic E-state index is 0.619. The molecule has 1 aromatic rings. The number of fused-ring (bicyclic) bond motifs is 1. The Labute approximate surface area is 103 Å². The van der Waals surface area contributed by atoms with Crippen molar-refractivity contribution in [1.82, 2.24) is 10.2 Å². The molecule has 0 radical (unpaired) electrons. The van der Waals surface area contributed by atoms with Crippen LogP contribution in [0.4, 0.5) is 5.69 Å². The minimum atomic E-state index is 0.619. The second-order valence-electron chi connectivity index (χ2n) is 5.11. The molecule has 1 aromatic carbocycles. The van der Waals surface area contributed by atoms with E-state index < -0.39 is 0 Å². The lowest BCUT2D eigenvalue weighted by atomic mass is 9.94. The van der Waals surface area contributed by atoms with E-state index in [1.807, 2.05) is 0 Å². The first-order chi connectivity index (χ1) is 8.34. The van der Waals surface area contributed by atoms with E-state index in [2.05, 4.69) is 40.7 Å². The van der Waals surface area contributed by atoms with Gasteiger partial charge in [0.05, 0.1) is 0 Å². The van der Waals surface area contributed by atoms with Crippen LogP contribution in [0.3, 0.4) is 0 Å². The van der Waals surface area contributed by atoms with Crippen LogP contribution in [0, 0.1) is 6.92 Å². The number of aryl methyl sites for hydroxylation is 1. The Kier molecular flexibility index (Phi) is 3.04. The summed E-state index contributed by atoms with van der Waals surface area (Å²) in [6.45, 7) is 7.90. The van der Waals surface area contributed by atoms with Gasteiger partial charge in [-0.25, -0.2) is 0 Å². The monoisotopic (exact) mass is 231 g/mol. The van der Waals surface area contributed by atoms with E-state index in [-0.39, 0.29) is 0 Å². The highest BCUT2D eigenvalue weighted by molar-refractivity contribution is 5.56. The molecule has 2 aliphatic rings. The summed E-state index contributed by atoms with van der Waals surface area (Å²) in [5.74, 6) is 0. The number of rotatable bonds is 1. The Hall–Kier alpha value is -1.06. The van der Waals surface area contributed by atoms with Gasteiger partial charge in [0.25, 0.3) is 0 Å². The highest BCUT2D eigenvalue weighted by Crippen LogP contribution is 2.34. The Morgan fingerprint density at radius 1 is 1.18 bits per heavy atom. The van der Waals surface area contributed by atoms with Gasteiger partial charge in [-0.1, -0.05) is 17.7 Å². The predicted molar refractivity (Wildman–Crippen MR) is 71.5 cm³/mol. The molecule has 0 amide bonds. The van der Waals surface area contributed by atoms with Gasteiger partial charge in [0.1, 0.15) is 0 Å². The lowest BCUT2D eigenvalue weighted by molar-refractivity contribution is 0.166. The molecule has 0 saturated carbocycles. The van der Waals surface area contributed by atoms with Crippen LogP contribution >= 0.6 is 0 Å². The van der Waals surface area contributed by atoms with Crippen molar-refractivity contribution in [3.05, 3.63) is 29.3 Å². The van der Waals surface area contributed by atoms with Gasteiger partial charge in [-0.2, -0.15) is 0 Å². The lowest BCUT2D eigenvalue weighted by Crippen LogP contribution is -2.46. The molecule has 3 heteroatoms. The zero-order chi connectivity index (χ0) is 11.7. The fraction of sp³-hybridized carbons (Fsp3) is 0.571. The number of anilines is 1. The first-order valence-corrected chi connectivity index (χ1v) is 6.64. The fourth-order valence-corrected chi connectivity index (χ4v) is 2.99. The van der Waals surface area contributed by atoms with Crippen LogP contribution in [-0.4, -0.2) is 37.6 Å². The van der Waals surface area contributed by atoms with Crippen molar-refractivity contribution in [2.24, 2.45) is 0 Å². The molecule has 3 nitrogen and oxygen atoms in total. The fourth-order valence-electron chi connectivity index (χ4n) is 2.99. The molecular weight excluding hydrogens is 210 g/mol. The number of nitrogens with zero attached hydrogens (tertiary/aromatic N) is 1. The summed E-state index contributed by atoms with van der Waals surface area (Å²) >= 11 is 0. The summed E-state index contributed by atoms with van der Waals surface area (Å²) in [6, 6.07) is 7.41. The van der Waals surface area contributed by atoms with Crippen LogP contribution < -0.4 is 10.6 Å². The maximum atomic E-state index is 3.52. The van der Waals surface area contributed by atoms with E-state index >= 15 is 0 Å². The van der Waals surface area contributed by atoms with E-state index in [0.717, 1.165) is 19.6 Å². The summed E-state index contributed by atoms with van der Waals surface area (Å²) in [7, 11) is 0. The molecule has 92 valence electrons. The quantitative estimate of drug-likeness (QED) is 0.771. The van der Waals surface area contributed by atoms with Crippen LogP contribution in [0.25, 0.3) is 0 Å². The standard InChI is InChI=1S/C14H21N3/c1-11-2-3-13-12(10-11)14(4-5-16-13)17-8-6-15-7-9-17/h2-3,10,14-16H,4-9H2,1H3. The second-order valence-corrected chi connectivity index (χ2v) is 5.11. The highest BCUT2D eigenvalue weighted by Gasteiger charge is 2.26. The van der Waals surface area contributed by atoms with Crippen LogP contribution in [0.2, 0.25) is 0 Å². The lowest BCUT2D eigenvalue weighted by Gasteiger charge is -2.38. The smallest absolute Gasteiger partial charge is 0.0388 e. The molecular formula is C14H21N3. The number of piperazine rings is 1. The third-order valence-corrected chi connectivity index (χ3v) is 3.89. The van der Waals surface area contributed by atoms with Crippen LogP contribution in [-0.2, 0) is 0 Å². The topological polar surface area (TPSA) is 27.3 Å². The molecule has 0 spiro atoms. The van der Waals surface area contributed by atoms with Gasteiger partial charge in [-0.15, -0.1) is 0 Å². The van der Waals surface area contributed by atoms with Gasteiger partial charge in [0.15, 0.2) is 0 Å². The van der Waals surface area contributed by atoms with E-state index in [0.29, 0.717) is 6.04 Å². The number of benzene rings is 1. The van der Waals surface area contributed by atoms with Crippen molar-refractivity contribution in [3.63, 3.8) is 0 Å². The van der Waals surface area contributed by atoms with E-state index in [1.54, 1.807) is 0 Å². The summed E-state index contributed by atoms with van der Waals surface area (Å²) in [5.41, 5.74) is 4.20. The largest absolute Gasteiger partial charge is 0.385 e. The molecule has 17 heavy (non-hydrogen) atoms. The normalized spacial score (nSPS) is 25.1.